The van der Waals surface area contributed by atoms with Crippen LogP contribution in [0.1, 0.15) is 17.3 Å². The molecule has 3 aromatic rings. The van der Waals surface area contributed by atoms with Crippen LogP contribution in [0.15, 0.2) is 48.5 Å². The second-order valence-electron chi connectivity index (χ2n) is 5.46. The van der Waals surface area contributed by atoms with Gasteiger partial charge in [-0.05, 0) is 48.5 Å². The molecular weight excluding hydrogens is 370 g/mol. The molecule has 0 atom stereocenters. The number of benzene rings is 2. The first-order valence-electron chi connectivity index (χ1n) is 8.16. The summed E-state index contributed by atoms with van der Waals surface area (Å²) in [6, 6.07) is 13.6. The third kappa shape index (κ3) is 4.68. The van der Waals surface area contributed by atoms with Crippen LogP contribution in [0.3, 0.4) is 0 Å². The van der Waals surface area contributed by atoms with Gasteiger partial charge in [0, 0.05) is 10.6 Å². The summed E-state index contributed by atoms with van der Waals surface area (Å²) in [4.78, 5) is 25.4. The van der Waals surface area contributed by atoms with Crippen LogP contribution >= 0.6 is 11.6 Å². The molecule has 3 rings (SSSR count). The Bertz CT molecular complexity index is 956. The van der Waals surface area contributed by atoms with Gasteiger partial charge in [-0.3, -0.25) is 4.79 Å². The standard InChI is InChI=1S/C18H16ClN5O3/c1-2-27-18(26)14-5-3-4-6-15(14)20-16(25)11-24-22-17(21-23-24)12-7-9-13(19)10-8-12/h3-10H,2,11H2,1H3,(H,20,25). The van der Waals surface area contributed by atoms with Crippen molar-refractivity contribution < 1.29 is 14.3 Å². The highest BCUT2D eigenvalue weighted by atomic mass is 35.5. The quantitative estimate of drug-likeness (QED) is 0.655. The summed E-state index contributed by atoms with van der Waals surface area (Å²) < 4.78 is 4.99. The molecule has 0 spiro atoms. The minimum atomic E-state index is -0.502. The van der Waals surface area contributed by atoms with Crippen molar-refractivity contribution in [3.8, 4) is 11.4 Å². The van der Waals surface area contributed by atoms with Crippen molar-refractivity contribution in [2.75, 3.05) is 11.9 Å². The number of carbonyl (C=O) groups excluding carboxylic acids is 2. The topological polar surface area (TPSA) is 99.0 Å². The summed E-state index contributed by atoms with van der Waals surface area (Å²) in [6.07, 6.45) is 0. The molecule has 27 heavy (non-hydrogen) atoms. The highest BCUT2D eigenvalue weighted by molar-refractivity contribution is 6.30. The zero-order valence-corrected chi connectivity index (χ0v) is 15.2. The number of nitrogens with zero attached hydrogens (tertiary/aromatic N) is 4. The molecule has 0 unspecified atom stereocenters. The van der Waals surface area contributed by atoms with E-state index in [0.29, 0.717) is 16.5 Å². The molecule has 1 heterocycles. The lowest BCUT2D eigenvalue weighted by Crippen LogP contribution is -2.22. The predicted octanol–water partition coefficient (Wildman–Crippen LogP) is 2.81. The summed E-state index contributed by atoms with van der Waals surface area (Å²) in [5.41, 5.74) is 1.37. The minimum absolute atomic E-state index is 0.155. The van der Waals surface area contributed by atoms with E-state index in [0.717, 1.165) is 5.56 Å². The highest BCUT2D eigenvalue weighted by Gasteiger charge is 2.15. The molecule has 138 valence electrons. The fraction of sp³-hybridized carbons (Fsp3) is 0.167. The number of hydrogen-bond acceptors (Lipinski definition) is 6. The van der Waals surface area contributed by atoms with E-state index in [-0.39, 0.29) is 18.7 Å². The Morgan fingerprint density at radius 3 is 2.63 bits per heavy atom. The van der Waals surface area contributed by atoms with Gasteiger partial charge < -0.3 is 10.1 Å². The zero-order chi connectivity index (χ0) is 19.2. The van der Waals surface area contributed by atoms with Crippen molar-refractivity contribution in [3.63, 3.8) is 0 Å². The van der Waals surface area contributed by atoms with Crippen LogP contribution in [0.5, 0.6) is 0 Å². The fourth-order valence-electron chi connectivity index (χ4n) is 2.32. The fourth-order valence-corrected chi connectivity index (χ4v) is 2.45. The summed E-state index contributed by atoms with van der Waals surface area (Å²) in [5, 5.41) is 15.3. The van der Waals surface area contributed by atoms with E-state index in [9.17, 15) is 9.59 Å². The zero-order valence-electron chi connectivity index (χ0n) is 14.4. The van der Waals surface area contributed by atoms with Gasteiger partial charge in [-0.25, -0.2) is 4.79 Å². The Balaban J connectivity index is 1.69. The number of hydrogen-bond donors (Lipinski definition) is 1. The number of carbonyl (C=O) groups is 2. The first kappa shape index (κ1) is 18.5. The lowest BCUT2D eigenvalue weighted by atomic mass is 10.2. The van der Waals surface area contributed by atoms with Gasteiger partial charge in [-0.15, -0.1) is 10.2 Å². The Morgan fingerprint density at radius 2 is 1.89 bits per heavy atom. The second-order valence-corrected chi connectivity index (χ2v) is 5.90. The van der Waals surface area contributed by atoms with Crippen molar-refractivity contribution in [3.05, 3.63) is 59.1 Å². The maximum atomic E-state index is 12.3. The number of nitrogens with one attached hydrogen (secondary N) is 1. The monoisotopic (exact) mass is 385 g/mol. The summed E-state index contributed by atoms with van der Waals surface area (Å²) in [6.45, 7) is 1.81. The number of halogens is 1. The largest absolute Gasteiger partial charge is 0.462 e. The van der Waals surface area contributed by atoms with Gasteiger partial charge in [0.05, 0.1) is 17.9 Å². The average molecular weight is 386 g/mol. The van der Waals surface area contributed by atoms with E-state index in [1.54, 1.807) is 55.5 Å². The predicted molar refractivity (Wildman–Crippen MR) is 99.3 cm³/mol. The van der Waals surface area contributed by atoms with Crippen molar-refractivity contribution in [1.82, 2.24) is 20.2 Å². The van der Waals surface area contributed by atoms with Gasteiger partial charge >= 0.3 is 5.97 Å². The van der Waals surface area contributed by atoms with Crippen LogP contribution in [0.4, 0.5) is 5.69 Å². The van der Waals surface area contributed by atoms with Crippen LogP contribution in [-0.4, -0.2) is 38.7 Å². The van der Waals surface area contributed by atoms with Crippen molar-refractivity contribution in [2.24, 2.45) is 0 Å². The van der Waals surface area contributed by atoms with E-state index in [2.05, 4.69) is 20.7 Å². The molecule has 8 nitrogen and oxygen atoms in total. The van der Waals surface area contributed by atoms with E-state index in [1.807, 2.05) is 0 Å². The molecule has 0 aliphatic carbocycles. The minimum Gasteiger partial charge on any atom is -0.462 e. The molecule has 1 aromatic heterocycles. The summed E-state index contributed by atoms with van der Waals surface area (Å²) >= 11 is 5.86. The molecule has 1 amide bonds. The van der Waals surface area contributed by atoms with Crippen molar-refractivity contribution in [1.29, 1.82) is 0 Å². The Hall–Kier alpha value is -3.26. The Morgan fingerprint density at radius 1 is 1.15 bits per heavy atom. The number of ether oxygens (including phenoxy) is 1. The third-order valence-corrected chi connectivity index (χ3v) is 3.79. The van der Waals surface area contributed by atoms with Crippen LogP contribution in [-0.2, 0) is 16.1 Å². The number of anilines is 1. The van der Waals surface area contributed by atoms with Gasteiger partial charge in [-0.2, -0.15) is 4.80 Å². The SMILES string of the molecule is CCOC(=O)c1ccccc1NC(=O)Cn1nnc(-c2ccc(Cl)cc2)n1. The Labute approximate surface area is 160 Å². The lowest BCUT2D eigenvalue weighted by molar-refractivity contribution is -0.117. The maximum absolute atomic E-state index is 12.3. The number of tetrazole rings is 1. The number of rotatable bonds is 6. The molecule has 0 aliphatic rings. The van der Waals surface area contributed by atoms with E-state index in [4.69, 9.17) is 16.3 Å². The number of para-hydroxylation sites is 1. The number of amides is 1. The average Bonchev–Trinajstić information content (AvgIpc) is 3.11. The number of esters is 1. The van der Waals surface area contributed by atoms with Crippen LogP contribution < -0.4 is 5.32 Å². The lowest BCUT2D eigenvalue weighted by Gasteiger charge is -2.09. The second kappa shape index (κ2) is 8.41. The Kier molecular flexibility index (Phi) is 5.77. The van der Waals surface area contributed by atoms with Gasteiger partial charge in [0.25, 0.3) is 0 Å². The van der Waals surface area contributed by atoms with Gasteiger partial charge in [0.2, 0.25) is 11.7 Å². The van der Waals surface area contributed by atoms with E-state index in [1.165, 1.54) is 4.80 Å². The van der Waals surface area contributed by atoms with Gasteiger partial charge in [-0.1, -0.05) is 23.7 Å². The third-order valence-electron chi connectivity index (χ3n) is 3.54. The molecule has 0 saturated heterocycles. The molecule has 0 saturated carbocycles. The first-order valence-corrected chi connectivity index (χ1v) is 8.54. The molecule has 0 radical (unpaired) electrons. The van der Waals surface area contributed by atoms with Gasteiger partial charge in [0.1, 0.15) is 6.54 Å². The van der Waals surface area contributed by atoms with E-state index < -0.39 is 11.9 Å². The summed E-state index contributed by atoms with van der Waals surface area (Å²) in [5.74, 6) is -0.518. The van der Waals surface area contributed by atoms with E-state index >= 15 is 0 Å². The van der Waals surface area contributed by atoms with Crippen LogP contribution in [0.2, 0.25) is 5.02 Å². The van der Waals surface area contributed by atoms with Gasteiger partial charge in [0.15, 0.2) is 0 Å². The van der Waals surface area contributed by atoms with Crippen LogP contribution in [0.25, 0.3) is 11.4 Å². The van der Waals surface area contributed by atoms with Crippen molar-refractivity contribution in [2.45, 2.75) is 13.5 Å². The first-order chi connectivity index (χ1) is 13.1. The molecule has 0 aliphatic heterocycles. The molecular formula is C18H16ClN5O3. The summed E-state index contributed by atoms with van der Waals surface area (Å²) in [7, 11) is 0. The van der Waals surface area contributed by atoms with Crippen molar-refractivity contribution >= 4 is 29.2 Å². The number of aromatic nitrogens is 4. The smallest absolute Gasteiger partial charge is 0.340 e. The molecule has 1 N–H and O–H groups in total. The molecule has 0 bridgehead atoms. The maximum Gasteiger partial charge on any atom is 0.340 e. The normalized spacial score (nSPS) is 10.4. The molecule has 2 aromatic carbocycles. The molecule has 0 fully saturated rings. The molecule has 9 heteroatoms. The highest BCUT2D eigenvalue weighted by Crippen LogP contribution is 2.18. The van der Waals surface area contributed by atoms with Crippen LogP contribution in [0, 0.1) is 0 Å².